The first-order valence-electron chi connectivity index (χ1n) is 15.5. The predicted octanol–water partition coefficient (Wildman–Crippen LogP) is 2.86. The van der Waals surface area contributed by atoms with E-state index in [-0.39, 0.29) is 31.7 Å². The van der Waals surface area contributed by atoms with Gasteiger partial charge in [-0.05, 0) is 70.6 Å². The fourth-order valence-corrected chi connectivity index (χ4v) is 5.47. The van der Waals surface area contributed by atoms with Crippen molar-refractivity contribution in [1.29, 1.82) is 0 Å². The van der Waals surface area contributed by atoms with Crippen LogP contribution < -0.4 is 20.4 Å². The van der Waals surface area contributed by atoms with E-state index in [0.717, 1.165) is 108 Å². The van der Waals surface area contributed by atoms with Crippen molar-refractivity contribution in [3.63, 3.8) is 0 Å². The standard InChI is InChI=1S/C29H49N2O10P/c32-26(30-21-11-3-1-2-4-12-22-39-42(36,37)38)18-19-27(33)31-25(29(35)41-24-15-9-6-10-16-24)17-20-28(34)40-23-13-7-5-8-14-23/h18-19,23-25H,1-17,20-22H2,(H,30,32)(H,31,33)(H2,36,37,38)/p-2/b19-18+/t25-/m0/s1. The summed E-state index contributed by atoms with van der Waals surface area (Å²) in [4.78, 5) is 70.7. The summed E-state index contributed by atoms with van der Waals surface area (Å²) < 4.78 is 25.7. The van der Waals surface area contributed by atoms with E-state index < -0.39 is 37.6 Å². The fraction of sp³-hybridized carbons (Fsp3) is 0.793. The smallest absolute Gasteiger partial charge is 0.328 e. The Kier molecular flexibility index (Phi) is 17.6. The van der Waals surface area contributed by atoms with Gasteiger partial charge < -0.3 is 39.0 Å². The average Bonchev–Trinajstić information content (AvgIpc) is 2.95. The second-order valence-corrected chi connectivity index (χ2v) is 12.2. The van der Waals surface area contributed by atoms with Crippen molar-refractivity contribution >= 4 is 31.6 Å². The zero-order chi connectivity index (χ0) is 30.6. The Morgan fingerprint density at radius 3 is 1.93 bits per heavy atom. The molecule has 0 bridgehead atoms. The van der Waals surface area contributed by atoms with Crippen LogP contribution in [0.2, 0.25) is 0 Å². The van der Waals surface area contributed by atoms with Crippen LogP contribution in [0.3, 0.4) is 0 Å². The van der Waals surface area contributed by atoms with Crippen molar-refractivity contribution < 1.29 is 47.5 Å². The SMILES string of the molecule is O=C(/C=C/C(=O)N[C@@H](CCC(=O)OC1CCCCC1)C(=O)OC1CCCCC1)NCCCCCCCCOP(=O)([O-])[O-]. The van der Waals surface area contributed by atoms with Gasteiger partial charge in [-0.2, -0.15) is 0 Å². The number of hydrogen-bond donors (Lipinski definition) is 2. The van der Waals surface area contributed by atoms with E-state index >= 15 is 0 Å². The Morgan fingerprint density at radius 1 is 0.762 bits per heavy atom. The Bertz CT molecular complexity index is 910. The maximum absolute atomic E-state index is 12.9. The van der Waals surface area contributed by atoms with Crippen molar-refractivity contribution in [3.05, 3.63) is 12.2 Å². The Hall–Kier alpha value is -2.27. The first-order valence-corrected chi connectivity index (χ1v) is 16.9. The molecule has 240 valence electrons. The lowest BCUT2D eigenvalue weighted by molar-refractivity contribution is -0.341. The fourth-order valence-electron chi connectivity index (χ4n) is 5.12. The molecule has 0 aromatic rings. The molecule has 2 aliphatic carbocycles. The van der Waals surface area contributed by atoms with Gasteiger partial charge in [-0.15, -0.1) is 0 Å². The highest BCUT2D eigenvalue weighted by molar-refractivity contribution is 7.43. The van der Waals surface area contributed by atoms with Crippen molar-refractivity contribution in [1.82, 2.24) is 10.6 Å². The van der Waals surface area contributed by atoms with Gasteiger partial charge in [-0.3, -0.25) is 14.4 Å². The first kappa shape index (κ1) is 35.9. The summed E-state index contributed by atoms with van der Waals surface area (Å²) in [6.07, 6.45) is 15.9. The monoisotopic (exact) mass is 614 g/mol. The predicted molar refractivity (Wildman–Crippen MR) is 151 cm³/mol. The van der Waals surface area contributed by atoms with E-state index in [1.54, 1.807) is 0 Å². The first-order chi connectivity index (χ1) is 20.1. The molecule has 2 aliphatic rings. The molecule has 13 heteroatoms. The Labute approximate surface area is 248 Å². The second kappa shape index (κ2) is 20.6. The molecule has 2 N–H and O–H groups in total. The third kappa shape index (κ3) is 17.6. The van der Waals surface area contributed by atoms with Crippen molar-refractivity contribution in [2.24, 2.45) is 0 Å². The van der Waals surface area contributed by atoms with Gasteiger partial charge in [0.15, 0.2) is 0 Å². The van der Waals surface area contributed by atoms with E-state index in [1.165, 1.54) is 0 Å². The minimum Gasteiger partial charge on any atom is -0.790 e. The highest BCUT2D eigenvalue weighted by Crippen LogP contribution is 2.25. The van der Waals surface area contributed by atoms with Gasteiger partial charge in [0.25, 0.3) is 0 Å². The summed E-state index contributed by atoms with van der Waals surface area (Å²) in [6.45, 7) is 0.318. The van der Waals surface area contributed by atoms with Crippen molar-refractivity contribution in [3.8, 4) is 0 Å². The normalized spacial score (nSPS) is 17.5. The van der Waals surface area contributed by atoms with Crippen LogP contribution in [0.15, 0.2) is 12.2 Å². The molecule has 2 fully saturated rings. The number of hydrogen-bond acceptors (Lipinski definition) is 10. The molecule has 0 saturated heterocycles. The van der Waals surface area contributed by atoms with E-state index in [4.69, 9.17) is 9.47 Å². The van der Waals surface area contributed by atoms with Crippen LogP contribution in [-0.4, -0.2) is 55.2 Å². The van der Waals surface area contributed by atoms with Crippen molar-refractivity contribution in [2.75, 3.05) is 13.2 Å². The Morgan fingerprint density at radius 2 is 1.31 bits per heavy atom. The van der Waals surface area contributed by atoms with Gasteiger partial charge in [0, 0.05) is 25.1 Å². The van der Waals surface area contributed by atoms with Gasteiger partial charge in [-0.1, -0.05) is 38.5 Å². The number of amides is 2. The van der Waals surface area contributed by atoms with Gasteiger partial charge in [-0.25, -0.2) is 4.79 Å². The summed E-state index contributed by atoms with van der Waals surface area (Å²) in [5, 5.41) is 5.28. The van der Waals surface area contributed by atoms with E-state index in [0.29, 0.717) is 13.0 Å². The van der Waals surface area contributed by atoms with Gasteiger partial charge in [0.05, 0.1) is 14.4 Å². The summed E-state index contributed by atoms with van der Waals surface area (Å²) in [6, 6.07) is -1.03. The molecule has 0 heterocycles. The van der Waals surface area contributed by atoms with Crippen LogP contribution in [0.1, 0.15) is 116 Å². The molecule has 12 nitrogen and oxygen atoms in total. The number of ether oxygens (including phenoxy) is 2. The number of rotatable bonds is 19. The minimum atomic E-state index is -4.90. The molecule has 2 saturated carbocycles. The van der Waals surface area contributed by atoms with E-state index in [9.17, 15) is 33.5 Å². The number of esters is 2. The van der Waals surface area contributed by atoms with Gasteiger partial charge >= 0.3 is 11.9 Å². The summed E-state index contributed by atoms with van der Waals surface area (Å²) in [5.74, 6) is -2.06. The number of carbonyl (C=O) groups excluding carboxylic acids is 4. The van der Waals surface area contributed by atoms with Crippen LogP contribution >= 0.6 is 7.82 Å². The highest BCUT2D eigenvalue weighted by Gasteiger charge is 2.27. The number of nitrogens with one attached hydrogen (secondary N) is 2. The summed E-state index contributed by atoms with van der Waals surface area (Å²) in [5.41, 5.74) is 0. The molecule has 0 aromatic heterocycles. The van der Waals surface area contributed by atoms with E-state index in [1.807, 2.05) is 0 Å². The van der Waals surface area contributed by atoms with E-state index in [2.05, 4.69) is 15.2 Å². The molecule has 2 rings (SSSR count). The molecule has 2 amide bonds. The largest absolute Gasteiger partial charge is 0.790 e. The quantitative estimate of drug-likeness (QED) is 0.0949. The summed E-state index contributed by atoms with van der Waals surface area (Å²) in [7, 11) is -4.90. The Balaban J connectivity index is 1.69. The molecular formula is C29H47N2O10P-2. The molecule has 0 aromatic carbocycles. The maximum Gasteiger partial charge on any atom is 0.328 e. The highest BCUT2D eigenvalue weighted by atomic mass is 31.2. The van der Waals surface area contributed by atoms with Gasteiger partial charge in [0.1, 0.15) is 18.2 Å². The lowest BCUT2D eigenvalue weighted by Gasteiger charge is -2.28. The molecule has 1 atom stereocenters. The maximum atomic E-state index is 12.9. The van der Waals surface area contributed by atoms with Crippen LogP contribution in [-0.2, 0) is 37.7 Å². The zero-order valence-electron chi connectivity index (χ0n) is 24.6. The van der Waals surface area contributed by atoms with Crippen LogP contribution in [0, 0.1) is 0 Å². The second-order valence-electron chi connectivity index (χ2n) is 11.1. The third-order valence-electron chi connectivity index (χ3n) is 7.43. The lowest BCUT2D eigenvalue weighted by atomic mass is 9.97. The number of unbranched alkanes of at least 4 members (excludes halogenated alkanes) is 5. The summed E-state index contributed by atoms with van der Waals surface area (Å²) >= 11 is 0. The lowest BCUT2D eigenvalue weighted by Crippen LogP contribution is -2.43. The third-order valence-corrected chi connectivity index (χ3v) is 7.93. The molecular weight excluding hydrogens is 567 g/mol. The number of phosphoric ester groups is 1. The minimum absolute atomic E-state index is 0.0262. The van der Waals surface area contributed by atoms with Crippen LogP contribution in [0.4, 0.5) is 0 Å². The van der Waals surface area contributed by atoms with Crippen LogP contribution in [0.5, 0.6) is 0 Å². The molecule has 0 aliphatic heterocycles. The number of carbonyl (C=O) groups is 4. The van der Waals surface area contributed by atoms with Gasteiger partial charge in [0.2, 0.25) is 11.8 Å². The molecule has 0 radical (unpaired) electrons. The van der Waals surface area contributed by atoms with Crippen LogP contribution in [0.25, 0.3) is 0 Å². The average molecular weight is 615 g/mol. The topological polar surface area (TPSA) is 183 Å². The zero-order valence-corrected chi connectivity index (χ0v) is 25.5. The molecule has 0 spiro atoms. The van der Waals surface area contributed by atoms with Crippen molar-refractivity contribution in [2.45, 2.75) is 134 Å². The molecule has 0 unspecified atom stereocenters. The number of phosphoric acid groups is 1. The molecule has 42 heavy (non-hydrogen) atoms.